The average Bonchev–Trinajstić information content (AvgIpc) is 2.81. The molecule has 152 valence electrons. The predicted molar refractivity (Wildman–Crippen MR) is 132 cm³/mol. The molecular formula is C28H30OP+. The fraction of sp³-hybridized carbons (Fsp3) is 0.214. The second-order valence-corrected chi connectivity index (χ2v) is 11.6. The lowest BCUT2D eigenvalue weighted by Gasteiger charge is -2.43. The van der Waals surface area contributed by atoms with Gasteiger partial charge in [0.15, 0.2) is 0 Å². The van der Waals surface area contributed by atoms with E-state index in [4.69, 9.17) is 4.74 Å². The molecule has 0 N–H and O–H groups in total. The maximum absolute atomic E-state index is 6.43. The maximum atomic E-state index is 6.43. The van der Waals surface area contributed by atoms with Gasteiger partial charge in [0.05, 0.1) is 0 Å². The first-order chi connectivity index (χ1) is 14.6. The van der Waals surface area contributed by atoms with E-state index in [2.05, 4.69) is 123 Å². The number of allylic oxidation sites excluding steroid dienone is 2. The van der Waals surface area contributed by atoms with Gasteiger partial charge in [-0.05, 0) is 48.9 Å². The van der Waals surface area contributed by atoms with Gasteiger partial charge in [-0.15, -0.1) is 0 Å². The predicted octanol–water partition coefficient (Wildman–Crippen LogP) is 5.52. The van der Waals surface area contributed by atoms with E-state index in [1.165, 1.54) is 21.5 Å². The summed E-state index contributed by atoms with van der Waals surface area (Å²) < 4.78 is 6.43. The lowest BCUT2D eigenvalue weighted by atomic mass is 9.80. The van der Waals surface area contributed by atoms with E-state index in [0.29, 0.717) is 5.92 Å². The molecule has 4 rings (SSSR count). The average molecular weight is 414 g/mol. The van der Waals surface area contributed by atoms with Crippen LogP contribution in [0.3, 0.4) is 0 Å². The largest absolute Gasteiger partial charge is 0.369 e. The molecule has 2 unspecified atom stereocenters. The van der Waals surface area contributed by atoms with Gasteiger partial charge in [-0.2, -0.15) is 0 Å². The van der Waals surface area contributed by atoms with Crippen molar-refractivity contribution in [3.63, 3.8) is 0 Å². The van der Waals surface area contributed by atoms with Crippen LogP contribution >= 0.6 is 7.26 Å². The zero-order chi connectivity index (χ0) is 21.0. The van der Waals surface area contributed by atoms with Gasteiger partial charge in [-0.3, -0.25) is 0 Å². The van der Waals surface area contributed by atoms with E-state index in [1.54, 1.807) is 0 Å². The summed E-state index contributed by atoms with van der Waals surface area (Å²) in [6, 6.07) is 33.2. The van der Waals surface area contributed by atoms with Crippen LogP contribution in [0.2, 0.25) is 0 Å². The molecule has 0 amide bonds. The third kappa shape index (κ3) is 3.47. The Labute approximate surface area is 181 Å². The highest BCUT2D eigenvalue weighted by Crippen LogP contribution is 2.60. The first-order valence-electron chi connectivity index (χ1n) is 10.6. The Morgan fingerprint density at radius 1 is 0.767 bits per heavy atom. The van der Waals surface area contributed by atoms with Crippen molar-refractivity contribution in [1.29, 1.82) is 0 Å². The Balaban J connectivity index is 2.03. The Morgan fingerprint density at radius 3 is 1.57 bits per heavy atom. The van der Waals surface area contributed by atoms with Gasteiger partial charge in [-0.25, -0.2) is 0 Å². The molecular weight excluding hydrogens is 383 g/mol. The van der Waals surface area contributed by atoms with Gasteiger partial charge in [0.2, 0.25) is 0 Å². The number of rotatable bonds is 6. The molecule has 0 spiro atoms. The minimum Gasteiger partial charge on any atom is -0.369 e. The van der Waals surface area contributed by atoms with Gasteiger partial charge in [0.25, 0.3) is 0 Å². The minimum atomic E-state index is -1.98. The van der Waals surface area contributed by atoms with E-state index < -0.39 is 7.26 Å². The van der Waals surface area contributed by atoms with Crippen molar-refractivity contribution in [2.75, 3.05) is 13.3 Å². The van der Waals surface area contributed by atoms with Crippen LogP contribution in [-0.4, -0.2) is 18.9 Å². The van der Waals surface area contributed by atoms with Crippen molar-refractivity contribution in [2.24, 2.45) is 5.92 Å². The van der Waals surface area contributed by atoms with Crippen molar-refractivity contribution < 1.29 is 4.74 Å². The molecule has 0 aromatic heterocycles. The summed E-state index contributed by atoms with van der Waals surface area (Å²) in [6.07, 6.45) is 7.61. The third-order valence-electron chi connectivity index (χ3n) is 6.58. The van der Waals surface area contributed by atoms with Crippen molar-refractivity contribution in [1.82, 2.24) is 0 Å². The van der Waals surface area contributed by atoms with E-state index in [1.807, 2.05) is 7.11 Å². The van der Waals surface area contributed by atoms with Crippen LogP contribution < -0.4 is 15.9 Å². The van der Waals surface area contributed by atoms with Crippen LogP contribution in [-0.2, 0) is 4.74 Å². The van der Waals surface area contributed by atoms with Gasteiger partial charge in [0, 0.05) is 13.0 Å². The molecule has 2 atom stereocenters. The molecule has 0 saturated heterocycles. The Kier molecular flexibility index (Phi) is 6.04. The molecule has 1 nitrogen and oxygen atoms in total. The smallest absolute Gasteiger partial charge is 0.129 e. The highest BCUT2D eigenvalue weighted by molar-refractivity contribution is 7.95. The van der Waals surface area contributed by atoms with Crippen molar-refractivity contribution in [3.05, 3.63) is 115 Å². The van der Waals surface area contributed by atoms with Gasteiger partial charge < -0.3 is 4.74 Å². The molecule has 3 aromatic carbocycles. The van der Waals surface area contributed by atoms with Gasteiger partial charge in [-0.1, -0.05) is 79.7 Å². The fourth-order valence-corrected chi connectivity index (χ4v) is 9.68. The Hall–Kier alpha value is -2.47. The van der Waals surface area contributed by atoms with Crippen LogP contribution in [0.4, 0.5) is 0 Å². The summed E-state index contributed by atoms with van der Waals surface area (Å²) in [7, 11) is -0.100. The van der Waals surface area contributed by atoms with Crippen molar-refractivity contribution in [2.45, 2.75) is 19.4 Å². The van der Waals surface area contributed by atoms with Crippen LogP contribution in [0.15, 0.2) is 115 Å². The van der Waals surface area contributed by atoms with Gasteiger partial charge >= 0.3 is 0 Å². The number of ether oxygens (including phenoxy) is 1. The molecule has 1 aliphatic rings. The second kappa shape index (κ2) is 8.72. The van der Waals surface area contributed by atoms with Gasteiger partial charge in [0.1, 0.15) is 34.9 Å². The number of hydrogen-bond donors (Lipinski definition) is 0. The molecule has 0 saturated carbocycles. The number of benzene rings is 3. The quantitative estimate of drug-likeness (QED) is 0.484. The summed E-state index contributed by atoms with van der Waals surface area (Å²) in [5.74, 6) is 0.294. The number of hydrogen-bond acceptors (Lipinski definition) is 1. The molecule has 0 heterocycles. The Morgan fingerprint density at radius 2 is 1.20 bits per heavy atom. The Bertz CT molecular complexity index is 927. The van der Waals surface area contributed by atoms with Crippen LogP contribution in [0.25, 0.3) is 0 Å². The second-order valence-electron chi connectivity index (χ2n) is 8.09. The van der Waals surface area contributed by atoms with Crippen molar-refractivity contribution in [3.8, 4) is 0 Å². The molecule has 0 aliphatic heterocycles. The monoisotopic (exact) mass is 413 g/mol. The van der Waals surface area contributed by atoms with Crippen LogP contribution in [0.5, 0.6) is 0 Å². The normalized spacial score (nSPS) is 21.3. The molecule has 3 aromatic rings. The number of methoxy groups -OCH3 is 1. The van der Waals surface area contributed by atoms with E-state index in [-0.39, 0.29) is 5.60 Å². The minimum absolute atomic E-state index is 0.294. The lowest BCUT2D eigenvalue weighted by Crippen LogP contribution is -2.49. The summed E-state index contributed by atoms with van der Waals surface area (Å²) in [6.45, 7) is 4.51. The zero-order valence-corrected chi connectivity index (χ0v) is 18.9. The standard InChI is InChI=1S/C28H30OP/c1-23-14-13-15-24(2)28(23,29-3)22-30(25-16-7-4-8-17-25,26-18-9-5-10-19-26)27-20-11-6-12-21-27/h4-21,23H,22H2,1-3H3/q+1. The van der Waals surface area contributed by atoms with E-state index in [9.17, 15) is 0 Å². The van der Waals surface area contributed by atoms with E-state index >= 15 is 0 Å². The SMILES string of the molecule is COC1(C[P+](c2ccccc2)(c2ccccc2)c2ccccc2)C(C)=CC=CC1C. The molecule has 0 bridgehead atoms. The molecule has 2 heteroatoms. The summed E-state index contributed by atoms with van der Waals surface area (Å²) in [5.41, 5.74) is 0.955. The first kappa shape index (κ1) is 20.8. The summed E-state index contributed by atoms with van der Waals surface area (Å²) >= 11 is 0. The van der Waals surface area contributed by atoms with Crippen molar-refractivity contribution >= 4 is 23.2 Å². The lowest BCUT2D eigenvalue weighted by molar-refractivity contribution is 0.0111. The highest BCUT2D eigenvalue weighted by atomic mass is 31.2. The first-order valence-corrected chi connectivity index (χ1v) is 12.6. The third-order valence-corrected chi connectivity index (χ3v) is 11.1. The zero-order valence-electron chi connectivity index (χ0n) is 18.0. The summed E-state index contributed by atoms with van der Waals surface area (Å²) in [4.78, 5) is 0. The van der Waals surface area contributed by atoms with Crippen LogP contribution in [0, 0.1) is 5.92 Å². The molecule has 1 aliphatic carbocycles. The van der Waals surface area contributed by atoms with Crippen LogP contribution in [0.1, 0.15) is 13.8 Å². The molecule has 30 heavy (non-hydrogen) atoms. The highest BCUT2D eigenvalue weighted by Gasteiger charge is 2.54. The fourth-order valence-electron chi connectivity index (χ4n) is 4.82. The molecule has 0 fully saturated rings. The topological polar surface area (TPSA) is 9.23 Å². The summed E-state index contributed by atoms with van der Waals surface area (Å²) in [5, 5.41) is 4.19. The maximum Gasteiger partial charge on any atom is 0.129 e. The molecule has 0 radical (unpaired) electrons. The van der Waals surface area contributed by atoms with E-state index in [0.717, 1.165) is 6.16 Å².